The number of imidazole rings is 1. The number of piperazine rings is 1. The van der Waals surface area contributed by atoms with Crippen molar-refractivity contribution in [1.82, 2.24) is 29.2 Å². The Hall–Kier alpha value is -4.29. The second-order valence-corrected chi connectivity index (χ2v) is 8.20. The van der Waals surface area contributed by atoms with Crippen molar-refractivity contribution in [2.45, 2.75) is 13.1 Å². The first kappa shape index (κ1) is 23.5. The van der Waals surface area contributed by atoms with E-state index in [9.17, 15) is 22.4 Å². The lowest BCUT2D eigenvalue weighted by atomic mass is 10.2. The lowest BCUT2D eigenvalue weighted by Crippen LogP contribution is -2.48. The summed E-state index contributed by atoms with van der Waals surface area (Å²) in [5, 5.41) is 2.89. The second-order valence-electron chi connectivity index (χ2n) is 8.20. The van der Waals surface area contributed by atoms with Crippen molar-refractivity contribution >= 4 is 29.0 Å². The van der Waals surface area contributed by atoms with Gasteiger partial charge in [-0.25, -0.2) is 24.3 Å². The van der Waals surface area contributed by atoms with Gasteiger partial charge in [0.25, 0.3) is 0 Å². The molecule has 0 bridgehead atoms. The summed E-state index contributed by atoms with van der Waals surface area (Å²) in [6.07, 6.45) is 0.137. The highest BCUT2D eigenvalue weighted by Crippen LogP contribution is 2.31. The number of amides is 1. The van der Waals surface area contributed by atoms with Crippen LogP contribution in [0.5, 0.6) is 0 Å². The molecular formula is C23H20F4N8O. The Kier molecular flexibility index (Phi) is 5.90. The van der Waals surface area contributed by atoms with Crippen molar-refractivity contribution in [3.8, 4) is 11.4 Å². The van der Waals surface area contributed by atoms with Crippen LogP contribution in [-0.2, 0) is 11.0 Å². The Morgan fingerprint density at radius 2 is 1.75 bits per heavy atom. The molecule has 0 spiro atoms. The Labute approximate surface area is 202 Å². The molecule has 1 fully saturated rings. The van der Waals surface area contributed by atoms with E-state index in [1.807, 2.05) is 6.07 Å². The van der Waals surface area contributed by atoms with Gasteiger partial charge in [0.05, 0.1) is 35.5 Å². The molecule has 36 heavy (non-hydrogen) atoms. The normalized spacial score (nSPS) is 14.4. The topological polar surface area (TPSA) is 91.6 Å². The average Bonchev–Trinajstić information content (AvgIpc) is 3.28. The molecule has 0 radical (unpaired) electrons. The molecule has 5 rings (SSSR count). The predicted octanol–water partition coefficient (Wildman–Crippen LogP) is 3.76. The highest BCUT2D eigenvalue weighted by molar-refractivity contribution is 5.73. The van der Waals surface area contributed by atoms with Gasteiger partial charge in [-0.05, 0) is 24.3 Å². The molecule has 4 aromatic rings. The van der Waals surface area contributed by atoms with Crippen LogP contribution in [0, 0.1) is 5.82 Å². The van der Waals surface area contributed by atoms with Crippen LogP contribution < -0.4 is 10.2 Å². The van der Waals surface area contributed by atoms with E-state index < -0.39 is 17.6 Å². The predicted molar refractivity (Wildman–Crippen MR) is 123 cm³/mol. The molecule has 1 N–H and O–H groups in total. The van der Waals surface area contributed by atoms with Gasteiger partial charge >= 0.3 is 6.18 Å². The zero-order chi connectivity index (χ0) is 25.4. The quantitative estimate of drug-likeness (QED) is 0.427. The fourth-order valence-corrected chi connectivity index (χ4v) is 3.97. The van der Waals surface area contributed by atoms with Crippen molar-refractivity contribution < 1.29 is 22.4 Å². The van der Waals surface area contributed by atoms with Crippen LogP contribution in [-0.4, -0.2) is 61.3 Å². The number of carbonyl (C=O) groups is 1. The van der Waals surface area contributed by atoms with Crippen LogP contribution in [0.1, 0.15) is 12.5 Å². The molecule has 0 aromatic carbocycles. The first-order valence-electron chi connectivity index (χ1n) is 11.0. The molecule has 13 heteroatoms. The molecular weight excluding hydrogens is 480 g/mol. The van der Waals surface area contributed by atoms with Crippen LogP contribution in [0.15, 0.2) is 49.1 Å². The third kappa shape index (κ3) is 4.63. The summed E-state index contributed by atoms with van der Waals surface area (Å²) in [5.41, 5.74) is 0.0444. The molecule has 0 saturated carbocycles. The van der Waals surface area contributed by atoms with E-state index in [1.165, 1.54) is 12.3 Å². The number of nitrogens with zero attached hydrogens (tertiary/aromatic N) is 7. The number of carbonyl (C=O) groups excluding carboxylic acids is 1. The van der Waals surface area contributed by atoms with Gasteiger partial charge in [0.15, 0.2) is 5.82 Å². The largest absolute Gasteiger partial charge is 0.417 e. The zero-order valence-corrected chi connectivity index (χ0v) is 19.0. The summed E-state index contributed by atoms with van der Waals surface area (Å²) in [6, 6.07) is 5.68. The van der Waals surface area contributed by atoms with Crippen molar-refractivity contribution in [3.05, 3.63) is 60.4 Å². The first-order valence-corrected chi connectivity index (χ1v) is 11.0. The molecule has 4 aromatic heterocycles. The second kappa shape index (κ2) is 9.06. The third-order valence-electron chi connectivity index (χ3n) is 5.90. The maximum absolute atomic E-state index is 14.6. The molecule has 186 valence electrons. The molecule has 0 atom stereocenters. The van der Waals surface area contributed by atoms with Gasteiger partial charge in [-0.3, -0.25) is 9.20 Å². The van der Waals surface area contributed by atoms with Crippen LogP contribution in [0.4, 0.5) is 35.0 Å². The van der Waals surface area contributed by atoms with Gasteiger partial charge in [0.2, 0.25) is 11.9 Å². The molecule has 1 saturated heterocycles. The van der Waals surface area contributed by atoms with Crippen LogP contribution in [0.2, 0.25) is 0 Å². The van der Waals surface area contributed by atoms with E-state index in [-0.39, 0.29) is 28.9 Å². The summed E-state index contributed by atoms with van der Waals surface area (Å²) < 4.78 is 55.3. The maximum atomic E-state index is 14.6. The SMILES string of the molecule is CC(=O)N1CCN(c2ccc(Nc3ncc(F)c(-c4cnc5ccc(C(F)(F)F)cn45)n3)nc2)CC1. The van der Waals surface area contributed by atoms with Gasteiger partial charge in [-0.2, -0.15) is 13.2 Å². The number of alkyl halides is 3. The molecule has 5 heterocycles. The highest BCUT2D eigenvalue weighted by Gasteiger charge is 2.31. The Morgan fingerprint density at radius 1 is 0.972 bits per heavy atom. The van der Waals surface area contributed by atoms with Crippen molar-refractivity contribution in [2.24, 2.45) is 0 Å². The van der Waals surface area contributed by atoms with E-state index in [0.29, 0.717) is 32.0 Å². The maximum Gasteiger partial charge on any atom is 0.417 e. The van der Waals surface area contributed by atoms with E-state index in [0.717, 1.165) is 28.5 Å². The fraction of sp³-hybridized carbons (Fsp3) is 0.261. The zero-order valence-electron chi connectivity index (χ0n) is 19.0. The lowest BCUT2D eigenvalue weighted by Gasteiger charge is -2.35. The van der Waals surface area contributed by atoms with Crippen molar-refractivity contribution in [1.29, 1.82) is 0 Å². The number of halogens is 4. The van der Waals surface area contributed by atoms with Crippen LogP contribution in [0.25, 0.3) is 17.0 Å². The van der Waals surface area contributed by atoms with Crippen LogP contribution in [0.3, 0.4) is 0 Å². The average molecular weight is 500 g/mol. The number of hydrogen-bond acceptors (Lipinski definition) is 7. The standard InChI is InChI=1S/C23H20F4N8O/c1-14(36)33-6-8-34(9-7-33)16-3-4-19(28-10-16)31-22-30-11-17(24)21(32-22)18-12-29-20-5-2-15(13-35(18)20)23(25,26)27/h2-5,10-13H,6-9H2,1H3,(H,28,30,31,32). The van der Waals surface area contributed by atoms with E-state index >= 15 is 0 Å². The van der Waals surface area contributed by atoms with Crippen molar-refractivity contribution in [2.75, 3.05) is 36.4 Å². The smallest absolute Gasteiger partial charge is 0.367 e. The molecule has 9 nitrogen and oxygen atoms in total. The number of pyridine rings is 2. The Balaban J connectivity index is 1.36. The van der Waals surface area contributed by atoms with Crippen molar-refractivity contribution in [3.63, 3.8) is 0 Å². The highest BCUT2D eigenvalue weighted by atomic mass is 19.4. The summed E-state index contributed by atoms with van der Waals surface area (Å²) in [5.74, 6) is -0.344. The van der Waals surface area contributed by atoms with Crippen LogP contribution >= 0.6 is 0 Å². The number of nitrogens with one attached hydrogen (secondary N) is 1. The van der Waals surface area contributed by atoms with E-state index in [4.69, 9.17) is 0 Å². The minimum absolute atomic E-state index is 0.0173. The fourth-order valence-electron chi connectivity index (χ4n) is 3.97. The van der Waals surface area contributed by atoms with Gasteiger partial charge in [0.1, 0.15) is 17.2 Å². The molecule has 0 unspecified atom stereocenters. The number of aromatic nitrogens is 5. The molecule has 1 aliphatic rings. The lowest BCUT2D eigenvalue weighted by molar-refractivity contribution is -0.137. The summed E-state index contributed by atoms with van der Waals surface area (Å²) in [7, 11) is 0. The van der Waals surface area contributed by atoms with E-state index in [1.54, 1.807) is 24.1 Å². The minimum Gasteiger partial charge on any atom is -0.367 e. The monoisotopic (exact) mass is 500 g/mol. The number of rotatable bonds is 4. The Morgan fingerprint density at radius 3 is 2.42 bits per heavy atom. The summed E-state index contributed by atoms with van der Waals surface area (Å²) in [4.78, 5) is 31.9. The molecule has 1 aliphatic heterocycles. The van der Waals surface area contributed by atoms with Gasteiger partial charge in [0, 0.05) is 39.3 Å². The first-order chi connectivity index (χ1) is 17.2. The van der Waals surface area contributed by atoms with Gasteiger partial charge in [-0.1, -0.05) is 0 Å². The van der Waals surface area contributed by atoms with Gasteiger partial charge < -0.3 is 15.1 Å². The summed E-state index contributed by atoms with van der Waals surface area (Å²) in [6.45, 7) is 4.20. The van der Waals surface area contributed by atoms with Gasteiger partial charge in [-0.15, -0.1) is 0 Å². The van der Waals surface area contributed by atoms with E-state index in [2.05, 4.69) is 30.2 Å². The Bertz CT molecular complexity index is 1410. The third-order valence-corrected chi connectivity index (χ3v) is 5.90. The molecule has 1 amide bonds. The number of anilines is 3. The molecule has 0 aliphatic carbocycles. The minimum atomic E-state index is -4.56. The number of hydrogen-bond donors (Lipinski definition) is 1. The number of fused-ring (bicyclic) bond motifs is 1. The summed E-state index contributed by atoms with van der Waals surface area (Å²) >= 11 is 0.